The van der Waals surface area contributed by atoms with E-state index in [0.717, 1.165) is 10.9 Å². The molecule has 2 aromatic rings. The van der Waals surface area contributed by atoms with Crippen LogP contribution in [-0.4, -0.2) is 123 Å². The van der Waals surface area contributed by atoms with E-state index < -0.39 is 84.5 Å². The van der Waals surface area contributed by atoms with Gasteiger partial charge >= 0.3 is 5.97 Å². The number of primary amides is 1. The molecule has 5 atom stereocenters. The Morgan fingerprint density at radius 2 is 1.67 bits per heavy atom. The van der Waals surface area contributed by atoms with Crippen molar-refractivity contribution in [2.75, 3.05) is 31.1 Å². The number of carbonyl (C=O) groups excluding carboxylic acids is 7. The number of aliphatic imine (C=N–C) groups is 1. The van der Waals surface area contributed by atoms with E-state index in [9.17, 15) is 43.5 Å². The molecule has 0 unspecified atom stereocenters. The second kappa shape index (κ2) is 21.8. The molecule has 1 aromatic heterocycles. The van der Waals surface area contributed by atoms with Crippen LogP contribution in [0.1, 0.15) is 56.9 Å². The number of para-hydroxylation sites is 1. The van der Waals surface area contributed by atoms with Gasteiger partial charge in [0.1, 0.15) is 18.1 Å². The van der Waals surface area contributed by atoms with E-state index in [4.69, 9.17) is 17.2 Å². The maximum absolute atomic E-state index is 14.4. The summed E-state index contributed by atoms with van der Waals surface area (Å²) in [6, 6.07) is 2.38. The topological polar surface area (TPSA) is 314 Å². The second-order valence-electron chi connectivity index (χ2n) is 13.8. The van der Waals surface area contributed by atoms with Crippen LogP contribution in [0.25, 0.3) is 10.9 Å². The zero-order chi connectivity index (χ0) is 41.5. The molecule has 3 heterocycles. The Morgan fingerprint density at radius 1 is 0.912 bits per heavy atom. The lowest BCUT2D eigenvalue weighted by molar-refractivity contribution is -0.143. The number of nitrogens with one attached hydrogen (secondary N) is 5. The zero-order valence-electron chi connectivity index (χ0n) is 31.3. The van der Waals surface area contributed by atoms with Crippen molar-refractivity contribution in [1.29, 1.82) is 0 Å². The number of unbranched alkanes of at least 4 members (excludes halogenated alkanes) is 1. The number of nitrogens with zero attached hydrogens (tertiary/aromatic N) is 2. The van der Waals surface area contributed by atoms with E-state index in [-0.39, 0.29) is 49.7 Å². The summed E-state index contributed by atoms with van der Waals surface area (Å²) in [5.74, 6) is -6.61. The van der Waals surface area contributed by atoms with Crippen LogP contribution >= 0.6 is 21.6 Å². The SMILES string of the molecule is NC(=O)[C@@H]1CSSCCC(=O)N[C@@H](CCCCN=C(N)N)C(=O)NCC(=O)N[C@@H](CC(=O)O)C(=O)N[C@@H](Cc2c[nH]c3ccccc23)C(=O)N2CCC[C@H]2C(=O)C1. The minimum Gasteiger partial charge on any atom is -0.481 e. The molecule has 2 saturated heterocycles. The van der Waals surface area contributed by atoms with Gasteiger partial charge in [0.25, 0.3) is 0 Å². The molecule has 310 valence electrons. The zero-order valence-corrected chi connectivity index (χ0v) is 33.0. The average molecular weight is 831 g/mol. The van der Waals surface area contributed by atoms with Gasteiger partial charge in [0.05, 0.1) is 24.9 Å². The summed E-state index contributed by atoms with van der Waals surface area (Å²) in [5, 5.41) is 20.5. The highest BCUT2D eigenvalue weighted by Gasteiger charge is 2.40. The number of aromatic nitrogens is 1. The summed E-state index contributed by atoms with van der Waals surface area (Å²) >= 11 is 0. The summed E-state index contributed by atoms with van der Waals surface area (Å²) in [6.07, 6.45) is 2.43. The van der Waals surface area contributed by atoms with Gasteiger partial charge in [-0.15, -0.1) is 0 Å². The third kappa shape index (κ3) is 13.7. The lowest BCUT2D eigenvalue weighted by Gasteiger charge is -2.30. The van der Waals surface area contributed by atoms with Gasteiger partial charge in [-0.2, -0.15) is 0 Å². The van der Waals surface area contributed by atoms with Gasteiger partial charge in [0.15, 0.2) is 11.7 Å². The monoisotopic (exact) mass is 830 g/mol. The molecule has 0 bridgehead atoms. The summed E-state index contributed by atoms with van der Waals surface area (Å²) in [7, 11) is 2.55. The maximum Gasteiger partial charge on any atom is 0.305 e. The molecular formula is C36H50N10O9S2. The summed E-state index contributed by atoms with van der Waals surface area (Å²) < 4.78 is 0. The Labute approximate surface area is 336 Å². The van der Waals surface area contributed by atoms with E-state index in [1.807, 2.05) is 24.3 Å². The largest absolute Gasteiger partial charge is 0.481 e. The number of H-pyrrole nitrogens is 1. The number of hydrogen-bond acceptors (Lipinski definition) is 11. The molecular weight excluding hydrogens is 781 g/mol. The van der Waals surface area contributed by atoms with E-state index in [1.54, 1.807) is 6.20 Å². The molecule has 0 aliphatic carbocycles. The number of fused-ring (bicyclic) bond motifs is 2. The number of nitrogens with two attached hydrogens (primary N) is 3. The van der Waals surface area contributed by atoms with E-state index in [0.29, 0.717) is 43.5 Å². The third-order valence-electron chi connectivity index (χ3n) is 9.54. The molecule has 57 heavy (non-hydrogen) atoms. The number of Topliss-reactive ketones (excluding diaryl/α,β-unsaturated/α-hetero) is 1. The lowest BCUT2D eigenvalue weighted by Crippen LogP contribution is -2.57. The van der Waals surface area contributed by atoms with Crippen molar-refractivity contribution in [3.8, 4) is 0 Å². The Bertz CT molecular complexity index is 1840. The first kappa shape index (κ1) is 44.4. The van der Waals surface area contributed by atoms with Crippen molar-refractivity contribution >= 4 is 85.6 Å². The minimum absolute atomic E-state index is 0.000937. The number of amides is 6. The molecule has 2 aliphatic rings. The van der Waals surface area contributed by atoms with Gasteiger partial charge in [-0.3, -0.25) is 43.3 Å². The van der Waals surface area contributed by atoms with Gasteiger partial charge in [-0.25, -0.2) is 0 Å². The molecule has 6 amide bonds. The van der Waals surface area contributed by atoms with Crippen LogP contribution in [0.2, 0.25) is 0 Å². The smallest absolute Gasteiger partial charge is 0.305 e. The fourth-order valence-corrected chi connectivity index (χ4v) is 8.94. The number of carbonyl (C=O) groups is 8. The predicted octanol–water partition coefficient (Wildman–Crippen LogP) is -0.964. The van der Waals surface area contributed by atoms with Gasteiger partial charge in [0.2, 0.25) is 35.4 Å². The Hall–Kier alpha value is -5.31. The lowest BCUT2D eigenvalue weighted by atomic mass is 9.97. The second-order valence-corrected chi connectivity index (χ2v) is 16.4. The highest BCUT2D eigenvalue weighted by atomic mass is 33.1. The summed E-state index contributed by atoms with van der Waals surface area (Å²) in [4.78, 5) is 114. The van der Waals surface area contributed by atoms with E-state index in [2.05, 4.69) is 31.2 Å². The Kier molecular flexibility index (Phi) is 17.0. The van der Waals surface area contributed by atoms with Crippen molar-refractivity contribution in [2.24, 2.45) is 28.1 Å². The first-order chi connectivity index (χ1) is 27.2. The van der Waals surface area contributed by atoms with Crippen molar-refractivity contribution in [3.63, 3.8) is 0 Å². The molecule has 4 rings (SSSR count). The molecule has 0 saturated carbocycles. The van der Waals surface area contributed by atoms with Gasteiger partial charge in [0, 0.05) is 61.0 Å². The summed E-state index contributed by atoms with van der Waals surface area (Å²) in [5.41, 5.74) is 17.9. The van der Waals surface area contributed by atoms with Crippen LogP contribution in [0.4, 0.5) is 0 Å². The highest BCUT2D eigenvalue weighted by Crippen LogP contribution is 2.29. The third-order valence-corrected chi connectivity index (χ3v) is 12.0. The fourth-order valence-electron chi connectivity index (χ4n) is 6.63. The van der Waals surface area contributed by atoms with Crippen molar-refractivity contribution in [1.82, 2.24) is 31.2 Å². The summed E-state index contributed by atoms with van der Waals surface area (Å²) in [6.45, 7) is -0.181. The predicted molar refractivity (Wildman–Crippen MR) is 214 cm³/mol. The average Bonchev–Trinajstić information content (AvgIpc) is 3.82. The molecule has 21 heteroatoms. The molecule has 2 fully saturated rings. The first-order valence-corrected chi connectivity index (χ1v) is 21.1. The van der Waals surface area contributed by atoms with Gasteiger partial charge < -0.3 is 53.5 Å². The molecule has 19 nitrogen and oxygen atoms in total. The molecule has 0 radical (unpaired) electrons. The number of benzene rings is 1. The quantitative estimate of drug-likeness (QED) is 0.0604. The van der Waals surface area contributed by atoms with Crippen molar-refractivity contribution in [2.45, 2.75) is 82.0 Å². The number of aromatic amines is 1. The van der Waals surface area contributed by atoms with E-state index in [1.165, 1.54) is 26.5 Å². The van der Waals surface area contributed by atoms with Crippen LogP contribution in [0.15, 0.2) is 35.5 Å². The Morgan fingerprint density at radius 3 is 2.40 bits per heavy atom. The van der Waals surface area contributed by atoms with Crippen molar-refractivity contribution in [3.05, 3.63) is 36.0 Å². The minimum atomic E-state index is -1.67. The number of carboxylic acids is 1. The van der Waals surface area contributed by atoms with Crippen LogP contribution in [-0.2, 0) is 44.8 Å². The number of ketones is 1. The van der Waals surface area contributed by atoms with Crippen LogP contribution in [0, 0.1) is 5.92 Å². The van der Waals surface area contributed by atoms with E-state index >= 15 is 0 Å². The number of carboxylic acid groups (broad SMARTS) is 1. The number of rotatable bonds is 10. The fraction of sp³-hybridized carbons (Fsp3) is 0.528. The van der Waals surface area contributed by atoms with Gasteiger partial charge in [-0.05, 0) is 43.7 Å². The standard InChI is InChI=1S/C36H50N10O9S2/c37-32(52)21-15-28(47)27-9-5-12-46(27)35(55)26(14-20-17-41-23-7-2-1-6-22(20)23)45-34(54)25(16-31(50)51)44-30(49)18-42-33(53)24(8-3-4-11-40-36(38)39)43-29(48)10-13-56-57-19-21/h1-2,6-7,17,21,24-27,41H,3-5,8-16,18-19H2,(H2,37,52)(H,42,53)(H,43,48)(H,44,49)(H,45,54)(H,50,51)(H4,38,39,40)/t21-,24-,25-,26-,27-/m0/s1. The molecule has 0 spiro atoms. The van der Waals surface area contributed by atoms with Crippen LogP contribution in [0.5, 0.6) is 0 Å². The molecule has 12 N–H and O–H groups in total. The number of hydrogen-bond donors (Lipinski definition) is 9. The molecule has 1 aromatic carbocycles. The normalized spacial score (nSPS) is 23.8. The van der Waals surface area contributed by atoms with Crippen LogP contribution in [0.3, 0.4) is 0 Å². The Balaban J connectivity index is 1.61. The number of guanidine groups is 1. The highest BCUT2D eigenvalue weighted by molar-refractivity contribution is 8.76. The number of aliphatic carboxylic acids is 1. The maximum atomic E-state index is 14.4. The first-order valence-electron chi connectivity index (χ1n) is 18.6. The van der Waals surface area contributed by atoms with Crippen LogP contribution < -0.4 is 38.5 Å². The molecule has 2 aliphatic heterocycles. The van der Waals surface area contributed by atoms with Crippen molar-refractivity contribution < 1.29 is 43.5 Å². The van der Waals surface area contributed by atoms with Gasteiger partial charge in [-0.1, -0.05) is 39.8 Å².